The van der Waals surface area contributed by atoms with E-state index in [-0.39, 0.29) is 6.54 Å². The summed E-state index contributed by atoms with van der Waals surface area (Å²) >= 11 is 0. The van der Waals surface area contributed by atoms with E-state index in [0.717, 1.165) is 34.5 Å². The first-order valence-electron chi connectivity index (χ1n) is 7.19. The number of carbonyl (C=O) groups excluding carboxylic acids is 1. The summed E-state index contributed by atoms with van der Waals surface area (Å²) in [5, 5.41) is 4.54. The molecule has 3 rings (SSSR count). The Morgan fingerprint density at radius 3 is 2.50 bits per heavy atom. The molecule has 0 aliphatic carbocycles. The van der Waals surface area contributed by atoms with E-state index in [1.54, 1.807) is 4.68 Å². The van der Waals surface area contributed by atoms with Gasteiger partial charge >= 0.3 is 0 Å². The molecule has 0 aliphatic heterocycles. The molecule has 4 nitrogen and oxygen atoms in total. The zero-order valence-electron chi connectivity index (χ0n) is 12.7. The summed E-state index contributed by atoms with van der Waals surface area (Å²) in [6.07, 6.45) is 2.71. The van der Waals surface area contributed by atoms with Gasteiger partial charge in [-0.3, -0.25) is 9.67 Å². The Morgan fingerprint density at radius 1 is 1.05 bits per heavy atom. The lowest BCUT2D eigenvalue weighted by atomic mass is 10.1. The first-order valence-corrected chi connectivity index (χ1v) is 7.19. The molecule has 4 heteroatoms. The van der Waals surface area contributed by atoms with Gasteiger partial charge in [0.1, 0.15) is 6.29 Å². The molecular formula is C18H17N3O. The summed E-state index contributed by atoms with van der Waals surface area (Å²) in [7, 11) is 0. The van der Waals surface area contributed by atoms with Crippen molar-refractivity contribution in [3.05, 3.63) is 59.8 Å². The lowest BCUT2D eigenvalue weighted by Gasteiger charge is -2.05. The second kappa shape index (κ2) is 5.93. The van der Waals surface area contributed by atoms with Crippen LogP contribution in [-0.2, 0) is 11.3 Å². The highest BCUT2D eigenvalue weighted by atomic mass is 16.1. The molecule has 0 aliphatic rings. The fourth-order valence-corrected chi connectivity index (χ4v) is 2.35. The van der Waals surface area contributed by atoms with E-state index < -0.39 is 0 Å². The van der Waals surface area contributed by atoms with Crippen molar-refractivity contribution in [2.45, 2.75) is 20.4 Å². The summed E-state index contributed by atoms with van der Waals surface area (Å²) in [5.41, 5.74) is 5.88. The van der Waals surface area contributed by atoms with E-state index >= 15 is 0 Å². The Labute approximate surface area is 129 Å². The molecule has 0 spiro atoms. The second-order valence-electron chi connectivity index (χ2n) is 5.28. The average molecular weight is 291 g/mol. The van der Waals surface area contributed by atoms with Crippen LogP contribution >= 0.6 is 0 Å². The first kappa shape index (κ1) is 14.2. The lowest BCUT2D eigenvalue weighted by Crippen LogP contribution is -2.04. The van der Waals surface area contributed by atoms with Crippen molar-refractivity contribution >= 4 is 6.29 Å². The minimum absolute atomic E-state index is 0.219. The maximum absolute atomic E-state index is 10.9. The van der Waals surface area contributed by atoms with Crippen LogP contribution in [0.2, 0.25) is 0 Å². The number of aldehydes is 1. The minimum Gasteiger partial charge on any atom is -0.301 e. The molecule has 0 fully saturated rings. The Bertz CT molecular complexity index is 806. The predicted molar refractivity (Wildman–Crippen MR) is 86.4 cm³/mol. The van der Waals surface area contributed by atoms with Crippen LogP contribution in [0.25, 0.3) is 22.6 Å². The van der Waals surface area contributed by atoms with Gasteiger partial charge in [-0.15, -0.1) is 0 Å². The highest BCUT2D eigenvalue weighted by Gasteiger charge is 2.12. The summed E-state index contributed by atoms with van der Waals surface area (Å²) in [5.74, 6) is 0. The van der Waals surface area contributed by atoms with Crippen LogP contribution in [-0.4, -0.2) is 21.1 Å². The van der Waals surface area contributed by atoms with Gasteiger partial charge in [0.2, 0.25) is 0 Å². The molecule has 1 aromatic carbocycles. The molecule has 2 aromatic heterocycles. The molecule has 0 saturated carbocycles. The SMILES string of the molecule is Cc1cnc(-c2cc(-c3ccccc3)nn2CC=O)cc1C. The standard InChI is InChI=1S/C18H17N3O/c1-13-10-17(19-12-14(13)2)18-11-16(20-21(18)8-9-22)15-6-4-3-5-7-15/h3-7,9-12H,8H2,1-2H3. The zero-order valence-corrected chi connectivity index (χ0v) is 12.7. The lowest BCUT2D eigenvalue weighted by molar-refractivity contribution is -0.108. The van der Waals surface area contributed by atoms with Crippen LogP contribution < -0.4 is 0 Å². The molecular weight excluding hydrogens is 274 g/mol. The van der Waals surface area contributed by atoms with E-state index in [1.807, 2.05) is 55.6 Å². The molecule has 0 amide bonds. The third-order valence-electron chi connectivity index (χ3n) is 3.73. The van der Waals surface area contributed by atoms with Crippen molar-refractivity contribution in [3.63, 3.8) is 0 Å². The van der Waals surface area contributed by atoms with Gasteiger partial charge in [0, 0.05) is 11.8 Å². The van der Waals surface area contributed by atoms with E-state index in [9.17, 15) is 4.79 Å². The van der Waals surface area contributed by atoms with Crippen LogP contribution in [0, 0.1) is 13.8 Å². The van der Waals surface area contributed by atoms with Crippen molar-refractivity contribution in [1.82, 2.24) is 14.8 Å². The minimum atomic E-state index is 0.219. The molecule has 0 atom stereocenters. The third kappa shape index (κ3) is 2.68. The molecule has 110 valence electrons. The van der Waals surface area contributed by atoms with E-state index in [4.69, 9.17) is 0 Å². The van der Waals surface area contributed by atoms with Gasteiger partial charge in [0.15, 0.2) is 0 Å². The number of aromatic nitrogens is 3. The Hall–Kier alpha value is -2.75. The summed E-state index contributed by atoms with van der Waals surface area (Å²) < 4.78 is 1.70. The number of benzene rings is 1. The molecule has 0 bridgehead atoms. The van der Waals surface area contributed by atoms with Crippen molar-refractivity contribution in [2.24, 2.45) is 0 Å². The van der Waals surface area contributed by atoms with Gasteiger partial charge in [0.25, 0.3) is 0 Å². The number of hydrogen-bond acceptors (Lipinski definition) is 3. The van der Waals surface area contributed by atoms with E-state index in [2.05, 4.69) is 17.0 Å². The molecule has 3 aromatic rings. The number of pyridine rings is 1. The monoisotopic (exact) mass is 291 g/mol. The van der Waals surface area contributed by atoms with Gasteiger partial charge in [-0.1, -0.05) is 30.3 Å². The number of aryl methyl sites for hydroxylation is 2. The average Bonchev–Trinajstić information content (AvgIpc) is 2.95. The van der Waals surface area contributed by atoms with Gasteiger partial charge in [-0.2, -0.15) is 5.10 Å². The van der Waals surface area contributed by atoms with Crippen molar-refractivity contribution in [2.75, 3.05) is 0 Å². The molecule has 0 N–H and O–H groups in total. The molecule has 0 radical (unpaired) electrons. The fourth-order valence-electron chi connectivity index (χ4n) is 2.35. The maximum Gasteiger partial charge on any atom is 0.141 e. The first-order chi connectivity index (χ1) is 10.7. The highest BCUT2D eigenvalue weighted by Crippen LogP contribution is 2.25. The van der Waals surface area contributed by atoms with Gasteiger partial charge in [-0.05, 0) is 37.1 Å². The molecule has 2 heterocycles. The second-order valence-corrected chi connectivity index (χ2v) is 5.28. The smallest absolute Gasteiger partial charge is 0.141 e. The maximum atomic E-state index is 10.9. The van der Waals surface area contributed by atoms with Crippen LogP contribution in [0.15, 0.2) is 48.7 Å². The van der Waals surface area contributed by atoms with Gasteiger partial charge in [-0.25, -0.2) is 0 Å². The normalized spacial score (nSPS) is 10.6. The van der Waals surface area contributed by atoms with Crippen LogP contribution in [0.4, 0.5) is 0 Å². The summed E-state index contributed by atoms with van der Waals surface area (Å²) in [6, 6.07) is 13.9. The van der Waals surface area contributed by atoms with Gasteiger partial charge < -0.3 is 4.79 Å². The summed E-state index contributed by atoms with van der Waals surface area (Å²) in [6.45, 7) is 4.31. The quantitative estimate of drug-likeness (QED) is 0.692. The van der Waals surface area contributed by atoms with E-state index in [1.165, 1.54) is 5.56 Å². The fraction of sp³-hybridized carbons (Fsp3) is 0.167. The number of hydrogen-bond donors (Lipinski definition) is 0. The molecule has 22 heavy (non-hydrogen) atoms. The van der Waals surface area contributed by atoms with Crippen molar-refractivity contribution in [3.8, 4) is 22.6 Å². The predicted octanol–water partition coefficient (Wildman–Crippen LogP) is 3.43. The Kier molecular flexibility index (Phi) is 3.83. The van der Waals surface area contributed by atoms with Crippen molar-refractivity contribution < 1.29 is 4.79 Å². The summed E-state index contributed by atoms with van der Waals surface area (Å²) in [4.78, 5) is 15.4. The molecule has 0 unspecified atom stereocenters. The highest BCUT2D eigenvalue weighted by molar-refractivity contribution is 5.68. The van der Waals surface area contributed by atoms with Crippen LogP contribution in [0.3, 0.4) is 0 Å². The van der Waals surface area contributed by atoms with Crippen LogP contribution in [0.5, 0.6) is 0 Å². The number of carbonyl (C=O) groups is 1. The topological polar surface area (TPSA) is 47.8 Å². The number of rotatable bonds is 4. The third-order valence-corrected chi connectivity index (χ3v) is 3.73. The van der Waals surface area contributed by atoms with Gasteiger partial charge in [0.05, 0.1) is 23.6 Å². The Balaban J connectivity index is 2.11. The van der Waals surface area contributed by atoms with Crippen molar-refractivity contribution in [1.29, 1.82) is 0 Å². The van der Waals surface area contributed by atoms with Crippen LogP contribution in [0.1, 0.15) is 11.1 Å². The van der Waals surface area contributed by atoms with E-state index in [0.29, 0.717) is 0 Å². The number of nitrogens with zero attached hydrogens (tertiary/aromatic N) is 3. The largest absolute Gasteiger partial charge is 0.301 e. The Morgan fingerprint density at radius 2 is 1.82 bits per heavy atom. The molecule has 0 saturated heterocycles. The zero-order chi connectivity index (χ0) is 15.5.